The zero-order valence-electron chi connectivity index (χ0n) is 14.3. The molecule has 0 amide bonds. The molecule has 0 fully saturated rings. The molecule has 0 heterocycles. The molecule has 0 saturated carbocycles. The lowest BCUT2D eigenvalue weighted by Gasteiger charge is -2.11. The van der Waals surface area contributed by atoms with Gasteiger partial charge in [-0.25, -0.2) is 0 Å². The standard InChI is InChI=1S/C19H40/c1-5-7-14-18(3)16-12-10-9-11-13-17-19(4)15-8-6-2/h18-19H,5-17H2,1-4H3. The molecule has 2 atom stereocenters. The van der Waals surface area contributed by atoms with E-state index in [-0.39, 0.29) is 0 Å². The molecule has 0 aliphatic heterocycles. The highest BCUT2D eigenvalue weighted by Gasteiger charge is 2.02. The third-order valence-corrected chi connectivity index (χ3v) is 4.49. The van der Waals surface area contributed by atoms with Crippen LogP contribution in [0.2, 0.25) is 0 Å². The fourth-order valence-corrected chi connectivity index (χ4v) is 2.91. The Morgan fingerprint density at radius 3 is 1.16 bits per heavy atom. The topological polar surface area (TPSA) is 0 Å². The van der Waals surface area contributed by atoms with Crippen LogP contribution in [0.15, 0.2) is 0 Å². The summed E-state index contributed by atoms with van der Waals surface area (Å²) in [5.41, 5.74) is 0. The van der Waals surface area contributed by atoms with Crippen molar-refractivity contribution >= 4 is 0 Å². The summed E-state index contributed by atoms with van der Waals surface area (Å²) in [5.74, 6) is 1.93. The predicted octanol–water partition coefficient (Wildman–Crippen LogP) is 7.37. The van der Waals surface area contributed by atoms with Gasteiger partial charge in [0.25, 0.3) is 0 Å². The van der Waals surface area contributed by atoms with E-state index in [2.05, 4.69) is 27.7 Å². The lowest BCUT2D eigenvalue weighted by molar-refractivity contribution is 0.425. The van der Waals surface area contributed by atoms with Crippen molar-refractivity contribution in [2.45, 2.75) is 111 Å². The van der Waals surface area contributed by atoms with Crippen LogP contribution in [0.5, 0.6) is 0 Å². The lowest BCUT2D eigenvalue weighted by Crippen LogP contribution is -1.95. The van der Waals surface area contributed by atoms with Crippen LogP contribution in [0.25, 0.3) is 0 Å². The molecule has 0 spiro atoms. The minimum Gasteiger partial charge on any atom is -0.0654 e. The molecule has 0 rings (SSSR count). The van der Waals surface area contributed by atoms with E-state index in [9.17, 15) is 0 Å². The van der Waals surface area contributed by atoms with Crippen LogP contribution < -0.4 is 0 Å². The van der Waals surface area contributed by atoms with Gasteiger partial charge in [-0.3, -0.25) is 0 Å². The molecular formula is C19H40. The summed E-state index contributed by atoms with van der Waals surface area (Å²) in [6.45, 7) is 9.47. The molecule has 0 aliphatic carbocycles. The van der Waals surface area contributed by atoms with Crippen LogP contribution in [0, 0.1) is 11.8 Å². The Morgan fingerprint density at radius 2 is 0.789 bits per heavy atom. The molecule has 0 bridgehead atoms. The zero-order chi connectivity index (χ0) is 14.3. The molecule has 19 heavy (non-hydrogen) atoms. The smallest absolute Gasteiger partial charge is 0.0443 e. The van der Waals surface area contributed by atoms with E-state index < -0.39 is 0 Å². The van der Waals surface area contributed by atoms with Gasteiger partial charge in [-0.05, 0) is 11.8 Å². The van der Waals surface area contributed by atoms with Crippen molar-refractivity contribution in [2.75, 3.05) is 0 Å². The second-order valence-electron chi connectivity index (χ2n) is 6.84. The predicted molar refractivity (Wildman–Crippen MR) is 89.7 cm³/mol. The van der Waals surface area contributed by atoms with Crippen LogP contribution in [-0.2, 0) is 0 Å². The van der Waals surface area contributed by atoms with Gasteiger partial charge >= 0.3 is 0 Å². The van der Waals surface area contributed by atoms with Crippen molar-refractivity contribution in [3.63, 3.8) is 0 Å². The van der Waals surface area contributed by atoms with E-state index in [0.717, 1.165) is 11.8 Å². The Kier molecular flexibility index (Phi) is 14.4. The average Bonchev–Trinajstić information content (AvgIpc) is 2.41. The van der Waals surface area contributed by atoms with Crippen molar-refractivity contribution in [1.82, 2.24) is 0 Å². The van der Waals surface area contributed by atoms with Crippen LogP contribution in [-0.4, -0.2) is 0 Å². The second-order valence-corrected chi connectivity index (χ2v) is 6.84. The molecule has 2 unspecified atom stereocenters. The maximum absolute atomic E-state index is 2.44. The normalized spacial score (nSPS) is 14.5. The number of hydrogen-bond acceptors (Lipinski definition) is 0. The van der Waals surface area contributed by atoms with Gasteiger partial charge in [-0.2, -0.15) is 0 Å². The van der Waals surface area contributed by atoms with Gasteiger partial charge in [0, 0.05) is 0 Å². The molecule has 0 aromatic carbocycles. The first-order valence-corrected chi connectivity index (χ1v) is 9.20. The first-order chi connectivity index (χ1) is 9.20. The van der Waals surface area contributed by atoms with E-state index in [4.69, 9.17) is 0 Å². The molecule has 0 saturated heterocycles. The van der Waals surface area contributed by atoms with Gasteiger partial charge in [-0.1, -0.05) is 111 Å². The number of rotatable bonds is 14. The minimum absolute atomic E-state index is 0.967. The van der Waals surface area contributed by atoms with E-state index in [1.54, 1.807) is 0 Å². The fourth-order valence-electron chi connectivity index (χ4n) is 2.91. The molecule has 116 valence electrons. The maximum atomic E-state index is 2.44. The third-order valence-electron chi connectivity index (χ3n) is 4.49. The summed E-state index contributed by atoms with van der Waals surface area (Å²) in [7, 11) is 0. The highest BCUT2D eigenvalue weighted by atomic mass is 14.1. The summed E-state index contributed by atoms with van der Waals surface area (Å²) in [4.78, 5) is 0. The largest absolute Gasteiger partial charge is 0.0654 e. The molecule has 0 aromatic rings. The van der Waals surface area contributed by atoms with E-state index in [1.165, 1.54) is 83.5 Å². The fraction of sp³-hybridized carbons (Fsp3) is 1.00. The molecular weight excluding hydrogens is 228 g/mol. The van der Waals surface area contributed by atoms with Gasteiger partial charge in [0.1, 0.15) is 0 Å². The van der Waals surface area contributed by atoms with Gasteiger partial charge in [0.2, 0.25) is 0 Å². The van der Waals surface area contributed by atoms with Crippen molar-refractivity contribution < 1.29 is 0 Å². The summed E-state index contributed by atoms with van der Waals surface area (Å²) >= 11 is 0. The van der Waals surface area contributed by atoms with Crippen molar-refractivity contribution in [3.05, 3.63) is 0 Å². The number of hydrogen-bond donors (Lipinski definition) is 0. The van der Waals surface area contributed by atoms with Crippen molar-refractivity contribution in [1.29, 1.82) is 0 Å². The Bertz CT molecular complexity index is 143. The third kappa shape index (κ3) is 14.2. The van der Waals surface area contributed by atoms with Crippen LogP contribution in [0.4, 0.5) is 0 Å². The molecule has 0 N–H and O–H groups in total. The number of unbranched alkanes of at least 4 members (excludes halogenated alkanes) is 6. The van der Waals surface area contributed by atoms with Crippen molar-refractivity contribution in [2.24, 2.45) is 11.8 Å². The monoisotopic (exact) mass is 268 g/mol. The first kappa shape index (κ1) is 19.0. The summed E-state index contributed by atoms with van der Waals surface area (Å²) in [5, 5.41) is 0. The minimum atomic E-state index is 0.967. The Labute approximate surface area is 123 Å². The van der Waals surface area contributed by atoms with Crippen LogP contribution >= 0.6 is 0 Å². The van der Waals surface area contributed by atoms with E-state index in [1.807, 2.05) is 0 Å². The quantitative estimate of drug-likeness (QED) is 0.288. The SMILES string of the molecule is CCCCC(C)CCCCCCCC(C)CCCC. The van der Waals surface area contributed by atoms with Gasteiger partial charge in [-0.15, -0.1) is 0 Å². The summed E-state index contributed by atoms with van der Waals surface area (Å²) in [6.07, 6.45) is 18.8. The first-order valence-electron chi connectivity index (χ1n) is 9.20. The highest BCUT2D eigenvalue weighted by molar-refractivity contribution is 4.56. The second kappa shape index (κ2) is 14.4. The zero-order valence-corrected chi connectivity index (χ0v) is 14.3. The Morgan fingerprint density at radius 1 is 0.474 bits per heavy atom. The van der Waals surface area contributed by atoms with Crippen LogP contribution in [0.3, 0.4) is 0 Å². The molecule has 0 heteroatoms. The lowest BCUT2D eigenvalue weighted by atomic mass is 9.95. The van der Waals surface area contributed by atoms with E-state index in [0.29, 0.717) is 0 Å². The molecule has 0 nitrogen and oxygen atoms in total. The molecule has 0 aliphatic rings. The highest BCUT2D eigenvalue weighted by Crippen LogP contribution is 2.19. The van der Waals surface area contributed by atoms with Crippen LogP contribution in [0.1, 0.15) is 111 Å². The van der Waals surface area contributed by atoms with Gasteiger partial charge < -0.3 is 0 Å². The molecule has 0 aromatic heterocycles. The van der Waals surface area contributed by atoms with Gasteiger partial charge in [0.15, 0.2) is 0 Å². The Balaban J connectivity index is 3.18. The summed E-state index contributed by atoms with van der Waals surface area (Å²) < 4.78 is 0. The van der Waals surface area contributed by atoms with E-state index >= 15 is 0 Å². The molecule has 0 radical (unpaired) electrons. The average molecular weight is 269 g/mol. The van der Waals surface area contributed by atoms with Gasteiger partial charge in [0.05, 0.1) is 0 Å². The van der Waals surface area contributed by atoms with Crippen molar-refractivity contribution in [3.8, 4) is 0 Å². The maximum Gasteiger partial charge on any atom is -0.0443 e. The summed E-state index contributed by atoms with van der Waals surface area (Å²) in [6, 6.07) is 0. The Hall–Kier alpha value is 0.